The molecule has 2 aromatic carbocycles. The normalized spacial score (nSPS) is 11.5. The lowest BCUT2D eigenvalue weighted by Gasteiger charge is -2.10. The van der Waals surface area contributed by atoms with Crippen LogP contribution in [-0.4, -0.2) is 36.6 Å². The molecule has 0 radical (unpaired) electrons. The van der Waals surface area contributed by atoms with Gasteiger partial charge in [-0.05, 0) is 42.0 Å². The number of alkyl halides is 3. The van der Waals surface area contributed by atoms with Gasteiger partial charge in [-0.1, -0.05) is 0 Å². The van der Waals surface area contributed by atoms with Crippen molar-refractivity contribution in [2.45, 2.75) is 12.8 Å². The second-order valence-corrected chi connectivity index (χ2v) is 5.87. The van der Waals surface area contributed by atoms with Gasteiger partial charge < -0.3 is 24.3 Å². The Morgan fingerprint density at radius 3 is 2.39 bits per heavy atom. The van der Waals surface area contributed by atoms with Crippen molar-refractivity contribution in [1.82, 2.24) is 4.98 Å². The molecule has 0 saturated heterocycles. The Bertz CT molecular complexity index is 1030. The second-order valence-electron chi connectivity index (χ2n) is 5.87. The molecule has 0 atom stereocenters. The van der Waals surface area contributed by atoms with Gasteiger partial charge in [-0.25, -0.2) is 0 Å². The maximum Gasteiger partial charge on any atom is 0.573 e. The number of rotatable bonds is 6. The number of aromatic amines is 1. The summed E-state index contributed by atoms with van der Waals surface area (Å²) in [5.74, 6) is -0.627. The summed E-state index contributed by atoms with van der Waals surface area (Å²) in [6.07, 6.45) is -5.23. The van der Waals surface area contributed by atoms with Crippen LogP contribution in [0.15, 0.2) is 36.4 Å². The van der Waals surface area contributed by atoms with Gasteiger partial charge in [-0.15, -0.1) is 13.2 Å². The van der Waals surface area contributed by atoms with Crippen molar-refractivity contribution >= 4 is 16.9 Å². The minimum Gasteiger partial charge on any atom is -0.493 e. The number of carboxylic acids is 1. The first-order valence-electron chi connectivity index (χ1n) is 8.06. The predicted molar refractivity (Wildman–Crippen MR) is 94.9 cm³/mol. The monoisotopic (exact) mass is 395 g/mol. The van der Waals surface area contributed by atoms with Gasteiger partial charge in [0.15, 0.2) is 11.5 Å². The van der Waals surface area contributed by atoms with E-state index in [0.717, 1.165) is 6.07 Å². The van der Waals surface area contributed by atoms with E-state index in [4.69, 9.17) is 9.47 Å². The molecule has 0 spiro atoms. The van der Waals surface area contributed by atoms with E-state index < -0.39 is 18.1 Å². The summed E-state index contributed by atoms with van der Waals surface area (Å²) in [5.41, 5.74) is 1.88. The summed E-state index contributed by atoms with van der Waals surface area (Å²) < 4.78 is 52.0. The fourth-order valence-corrected chi connectivity index (χ4v) is 3.00. The average molecular weight is 395 g/mol. The number of benzene rings is 2. The van der Waals surface area contributed by atoms with Crippen molar-refractivity contribution in [1.29, 1.82) is 0 Å². The number of methoxy groups -OCH3 is 2. The number of aromatic nitrogens is 1. The van der Waals surface area contributed by atoms with E-state index >= 15 is 0 Å². The lowest BCUT2D eigenvalue weighted by Crippen LogP contribution is -2.17. The summed E-state index contributed by atoms with van der Waals surface area (Å²) in [6, 6.07) is 8.75. The van der Waals surface area contributed by atoms with Crippen LogP contribution in [0, 0.1) is 0 Å². The van der Waals surface area contributed by atoms with Crippen LogP contribution in [0.5, 0.6) is 17.2 Å². The van der Waals surface area contributed by atoms with E-state index in [2.05, 4.69) is 9.72 Å². The third kappa shape index (κ3) is 3.98. The van der Waals surface area contributed by atoms with Gasteiger partial charge in [0.25, 0.3) is 0 Å². The molecule has 3 aromatic rings. The Labute approximate surface area is 157 Å². The molecule has 28 heavy (non-hydrogen) atoms. The van der Waals surface area contributed by atoms with Crippen LogP contribution < -0.4 is 14.2 Å². The van der Waals surface area contributed by atoms with Crippen molar-refractivity contribution in [3.8, 4) is 28.5 Å². The van der Waals surface area contributed by atoms with Crippen molar-refractivity contribution in [2.75, 3.05) is 14.2 Å². The molecule has 2 N–H and O–H groups in total. The third-order valence-corrected chi connectivity index (χ3v) is 4.11. The minimum absolute atomic E-state index is 0.328. The molecule has 0 saturated carbocycles. The first kappa shape index (κ1) is 19.4. The van der Waals surface area contributed by atoms with E-state index in [1.807, 2.05) is 0 Å². The quantitative estimate of drug-likeness (QED) is 0.648. The highest BCUT2D eigenvalue weighted by atomic mass is 19.4. The minimum atomic E-state index is -4.84. The molecule has 0 aliphatic heterocycles. The van der Waals surface area contributed by atoms with E-state index in [1.54, 1.807) is 18.2 Å². The molecule has 0 amide bonds. The van der Waals surface area contributed by atoms with E-state index in [1.165, 1.54) is 26.4 Å². The number of fused-ring (bicyclic) bond motifs is 1. The number of carbonyl (C=O) groups is 1. The lowest BCUT2D eigenvalue weighted by atomic mass is 10.0. The zero-order valence-electron chi connectivity index (χ0n) is 14.9. The molecule has 9 heteroatoms. The number of aliphatic carboxylic acids is 1. The van der Waals surface area contributed by atoms with Crippen LogP contribution in [0.25, 0.3) is 22.2 Å². The van der Waals surface area contributed by atoms with E-state index in [9.17, 15) is 23.1 Å². The van der Waals surface area contributed by atoms with Gasteiger partial charge in [-0.3, -0.25) is 4.79 Å². The standard InChI is InChI=1S/C19H16F3NO5/c1-26-15-6-3-10(7-16(15)27-2)18-13(9-17(24)25)12-8-11(28-19(20,21)22)4-5-14(12)23-18/h3-8,23H,9H2,1-2H3,(H,24,25). The fourth-order valence-electron chi connectivity index (χ4n) is 3.00. The molecule has 3 rings (SSSR count). The number of hydrogen-bond donors (Lipinski definition) is 2. The highest BCUT2D eigenvalue weighted by molar-refractivity contribution is 5.95. The molecule has 1 aromatic heterocycles. The topological polar surface area (TPSA) is 80.8 Å². The Morgan fingerprint density at radius 1 is 1.07 bits per heavy atom. The van der Waals surface area contributed by atoms with Crippen molar-refractivity contribution in [2.24, 2.45) is 0 Å². The molecule has 0 unspecified atom stereocenters. The van der Waals surface area contributed by atoms with Gasteiger partial charge in [0.05, 0.1) is 26.3 Å². The highest BCUT2D eigenvalue weighted by Gasteiger charge is 2.31. The largest absolute Gasteiger partial charge is 0.573 e. The van der Waals surface area contributed by atoms with E-state index in [0.29, 0.717) is 39.2 Å². The van der Waals surface area contributed by atoms with Crippen LogP contribution >= 0.6 is 0 Å². The van der Waals surface area contributed by atoms with Crippen molar-refractivity contribution < 1.29 is 37.3 Å². The summed E-state index contributed by atoms with van der Waals surface area (Å²) in [4.78, 5) is 14.4. The van der Waals surface area contributed by atoms with Crippen LogP contribution in [-0.2, 0) is 11.2 Å². The summed E-state index contributed by atoms with van der Waals surface area (Å²) in [5, 5.41) is 9.61. The first-order valence-corrected chi connectivity index (χ1v) is 8.06. The molecular weight excluding hydrogens is 379 g/mol. The zero-order valence-corrected chi connectivity index (χ0v) is 14.9. The van der Waals surface area contributed by atoms with Crippen LogP contribution in [0.1, 0.15) is 5.56 Å². The maximum atomic E-state index is 12.5. The molecule has 0 bridgehead atoms. The van der Waals surface area contributed by atoms with Gasteiger partial charge >= 0.3 is 12.3 Å². The summed E-state index contributed by atoms with van der Waals surface area (Å²) >= 11 is 0. The number of carboxylic acid groups (broad SMARTS) is 1. The fraction of sp³-hybridized carbons (Fsp3) is 0.211. The Morgan fingerprint density at radius 2 is 1.79 bits per heavy atom. The molecular formula is C19H16F3NO5. The van der Waals surface area contributed by atoms with Crippen LogP contribution in [0.3, 0.4) is 0 Å². The summed E-state index contributed by atoms with van der Waals surface area (Å²) in [6.45, 7) is 0. The van der Waals surface area contributed by atoms with Crippen molar-refractivity contribution in [3.63, 3.8) is 0 Å². The van der Waals surface area contributed by atoms with Gasteiger partial charge in [0, 0.05) is 16.5 Å². The SMILES string of the molecule is COc1ccc(-c2[nH]c3ccc(OC(F)(F)F)cc3c2CC(=O)O)cc1OC. The molecule has 6 nitrogen and oxygen atoms in total. The van der Waals surface area contributed by atoms with Gasteiger partial charge in [0.2, 0.25) is 0 Å². The number of hydrogen-bond acceptors (Lipinski definition) is 4. The Kier molecular flexibility index (Phi) is 5.08. The zero-order chi connectivity index (χ0) is 20.5. The first-order chi connectivity index (χ1) is 13.2. The van der Waals surface area contributed by atoms with Crippen LogP contribution in [0.2, 0.25) is 0 Å². The lowest BCUT2D eigenvalue weighted by molar-refractivity contribution is -0.274. The number of halogens is 3. The Hall–Kier alpha value is -3.36. The summed E-state index contributed by atoms with van der Waals surface area (Å²) in [7, 11) is 2.95. The Balaban J connectivity index is 2.17. The average Bonchev–Trinajstić information content (AvgIpc) is 2.97. The number of H-pyrrole nitrogens is 1. The molecule has 0 aliphatic rings. The molecule has 0 aliphatic carbocycles. The maximum absolute atomic E-state index is 12.5. The van der Waals surface area contributed by atoms with Gasteiger partial charge in [-0.2, -0.15) is 0 Å². The van der Waals surface area contributed by atoms with Gasteiger partial charge in [0.1, 0.15) is 5.75 Å². The molecule has 1 heterocycles. The number of nitrogens with one attached hydrogen (secondary N) is 1. The van der Waals surface area contributed by atoms with Crippen molar-refractivity contribution in [3.05, 3.63) is 42.0 Å². The van der Waals surface area contributed by atoms with E-state index in [-0.39, 0.29) is 6.42 Å². The number of ether oxygens (including phenoxy) is 3. The predicted octanol–water partition coefficient (Wildman–Crippen LogP) is 4.38. The molecule has 148 valence electrons. The molecule has 0 fully saturated rings. The van der Waals surface area contributed by atoms with Crippen LogP contribution in [0.4, 0.5) is 13.2 Å². The smallest absolute Gasteiger partial charge is 0.493 e. The second kappa shape index (κ2) is 7.34. The highest BCUT2D eigenvalue weighted by Crippen LogP contribution is 2.37. The third-order valence-electron chi connectivity index (χ3n) is 4.11.